The van der Waals surface area contributed by atoms with E-state index in [0.29, 0.717) is 32.8 Å². The summed E-state index contributed by atoms with van der Waals surface area (Å²) < 4.78 is 17.3. The molecule has 3 aromatic rings. The van der Waals surface area contributed by atoms with Gasteiger partial charge < -0.3 is 24.2 Å². The van der Waals surface area contributed by atoms with Gasteiger partial charge in [-0.25, -0.2) is 4.79 Å². The molecule has 3 aromatic carbocycles. The highest BCUT2D eigenvalue weighted by Gasteiger charge is 2.21. The van der Waals surface area contributed by atoms with Crippen molar-refractivity contribution in [3.05, 3.63) is 83.9 Å². The summed E-state index contributed by atoms with van der Waals surface area (Å²) in [6, 6.07) is 23.8. The zero-order valence-corrected chi connectivity index (χ0v) is 18.1. The second-order valence-corrected chi connectivity index (χ2v) is 7.52. The summed E-state index contributed by atoms with van der Waals surface area (Å²) in [7, 11) is 0. The topological polar surface area (TPSA) is 68.2 Å². The number of ether oxygens (including phenoxy) is 3. The van der Waals surface area contributed by atoms with Crippen LogP contribution in [0.1, 0.15) is 18.1 Å². The summed E-state index contributed by atoms with van der Waals surface area (Å²) in [5.74, 6) is 0.647. The summed E-state index contributed by atoms with van der Waals surface area (Å²) in [6.45, 7) is 3.83. The maximum atomic E-state index is 11.3. The molecule has 0 saturated carbocycles. The quantitative estimate of drug-likeness (QED) is 0.521. The fourth-order valence-corrected chi connectivity index (χ4v) is 3.83. The Morgan fingerprint density at radius 2 is 1.75 bits per heavy atom. The van der Waals surface area contributed by atoms with Crippen LogP contribution >= 0.6 is 0 Å². The molecule has 0 amide bonds. The molecule has 32 heavy (non-hydrogen) atoms. The van der Waals surface area contributed by atoms with Crippen LogP contribution < -0.4 is 14.4 Å². The van der Waals surface area contributed by atoms with Gasteiger partial charge in [0, 0.05) is 24.3 Å². The minimum Gasteiger partial charge on any atom is -0.492 e. The number of nitrogens with zero attached hydrogens (tertiary/aromatic N) is 1. The molecule has 0 spiro atoms. The van der Waals surface area contributed by atoms with Crippen LogP contribution in [0.4, 0.5) is 11.4 Å². The summed E-state index contributed by atoms with van der Waals surface area (Å²) in [4.78, 5) is 13.5. The molecule has 1 heterocycles. The molecule has 0 aliphatic carbocycles. The van der Waals surface area contributed by atoms with Crippen molar-refractivity contribution >= 4 is 17.3 Å². The van der Waals surface area contributed by atoms with E-state index in [1.807, 2.05) is 54.6 Å². The summed E-state index contributed by atoms with van der Waals surface area (Å²) >= 11 is 0. The first kappa shape index (κ1) is 21.7. The average Bonchev–Trinajstić information content (AvgIpc) is 2.97. The molecule has 0 radical (unpaired) electrons. The third kappa shape index (κ3) is 5.03. The van der Waals surface area contributed by atoms with Gasteiger partial charge in [0.2, 0.25) is 0 Å². The predicted octanol–water partition coefficient (Wildman–Crippen LogP) is 4.83. The van der Waals surface area contributed by atoms with E-state index in [9.17, 15) is 9.90 Å². The van der Waals surface area contributed by atoms with E-state index in [4.69, 9.17) is 14.2 Å². The first-order valence-corrected chi connectivity index (χ1v) is 10.8. The molecule has 1 unspecified atom stereocenters. The summed E-state index contributed by atoms with van der Waals surface area (Å²) in [5.41, 5.74) is 4.17. The second-order valence-electron chi connectivity index (χ2n) is 7.52. The largest absolute Gasteiger partial charge is 0.492 e. The first-order valence-electron chi connectivity index (χ1n) is 10.8. The number of carboxylic acid groups (broad SMARTS) is 1. The second kappa shape index (κ2) is 10.2. The van der Waals surface area contributed by atoms with Crippen molar-refractivity contribution in [3.63, 3.8) is 0 Å². The number of para-hydroxylation sites is 3. The number of carboxylic acids is 1. The van der Waals surface area contributed by atoms with Crippen LogP contribution in [0.15, 0.2) is 72.8 Å². The molecular formula is C26H27NO5. The molecule has 1 aliphatic rings. The van der Waals surface area contributed by atoms with Crippen LogP contribution in [0, 0.1) is 0 Å². The predicted molar refractivity (Wildman–Crippen MR) is 123 cm³/mol. The Morgan fingerprint density at radius 1 is 1.03 bits per heavy atom. The molecule has 0 bridgehead atoms. The molecule has 1 N–H and O–H groups in total. The van der Waals surface area contributed by atoms with Crippen LogP contribution in [0.25, 0.3) is 0 Å². The zero-order chi connectivity index (χ0) is 22.3. The zero-order valence-electron chi connectivity index (χ0n) is 18.1. The van der Waals surface area contributed by atoms with Crippen molar-refractivity contribution < 1.29 is 24.1 Å². The van der Waals surface area contributed by atoms with Crippen molar-refractivity contribution in [1.29, 1.82) is 0 Å². The van der Waals surface area contributed by atoms with Crippen LogP contribution in [0.2, 0.25) is 0 Å². The van der Waals surface area contributed by atoms with E-state index in [2.05, 4.69) is 23.1 Å². The van der Waals surface area contributed by atoms with Gasteiger partial charge in [-0.05, 0) is 42.8 Å². The smallest absolute Gasteiger partial charge is 0.333 e. The van der Waals surface area contributed by atoms with Crippen molar-refractivity contribution in [2.45, 2.75) is 26.1 Å². The Morgan fingerprint density at radius 3 is 2.50 bits per heavy atom. The van der Waals surface area contributed by atoms with Gasteiger partial charge >= 0.3 is 5.97 Å². The van der Waals surface area contributed by atoms with Crippen LogP contribution in [0.5, 0.6) is 11.5 Å². The van der Waals surface area contributed by atoms with Gasteiger partial charge in [-0.2, -0.15) is 0 Å². The van der Waals surface area contributed by atoms with Gasteiger partial charge in [-0.15, -0.1) is 0 Å². The fourth-order valence-electron chi connectivity index (χ4n) is 3.83. The molecule has 0 saturated heterocycles. The maximum Gasteiger partial charge on any atom is 0.333 e. The van der Waals surface area contributed by atoms with Crippen LogP contribution in [-0.4, -0.2) is 36.9 Å². The van der Waals surface area contributed by atoms with E-state index in [-0.39, 0.29) is 0 Å². The van der Waals surface area contributed by atoms with Gasteiger partial charge in [-0.1, -0.05) is 42.5 Å². The molecule has 4 rings (SSSR count). The molecule has 1 atom stereocenters. The van der Waals surface area contributed by atoms with E-state index < -0.39 is 12.1 Å². The molecule has 6 heteroatoms. The molecule has 6 nitrogen and oxygen atoms in total. The van der Waals surface area contributed by atoms with E-state index in [1.54, 1.807) is 6.92 Å². The van der Waals surface area contributed by atoms with E-state index >= 15 is 0 Å². The van der Waals surface area contributed by atoms with Crippen molar-refractivity contribution in [3.8, 4) is 11.5 Å². The Bertz CT molecular complexity index is 1000. The van der Waals surface area contributed by atoms with Crippen molar-refractivity contribution in [1.82, 2.24) is 0 Å². The monoisotopic (exact) mass is 433 g/mol. The van der Waals surface area contributed by atoms with E-state index in [0.717, 1.165) is 34.0 Å². The van der Waals surface area contributed by atoms with Gasteiger partial charge in [0.15, 0.2) is 6.10 Å². The highest BCUT2D eigenvalue weighted by atomic mass is 16.5. The van der Waals surface area contributed by atoms with Crippen molar-refractivity contribution in [2.24, 2.45) is 0 Å². The number of carbonyl (C=O) groups is 1. The van der Waals surface area contributed by atoms with E-state index in [1.165, 1.54) is 0 Å². The lowest BCUT2D eigenvalue weighted by Gasteiger charge is -2.25. The average molecular weight is 434 g/mol. The summed E-state index contributed by atoms with van der Waals surface area (Å²) in [6.07, 6.45) is -0.512. The number of hydrogen-bond acceptors (Lipinski definition) is 5. The Labute approximate surface area is 188 Å². The lowest BCUT2D eigenvalue weighted by molar-refractivity contribution is -0.149. The Hall–Kier alpha value is -3.51. The SMILES string of the molecule is CCOC(Cc1ccc(OCCN2c3ccccc3COc3ccccc32)cc1)C(=O)O. The molecular weight excluding hydrogens is 406 g/mol. The van der Waals surface area contributed by atoms with Crippen molar-refractivity contribution in [2.75, 3.05) is 24.7 Å². The number of benzene rings is 3. The minimum atomic E-state index is -0.950. The molecule has 166 valence electrons. The Balaban J connectivity index is 1.42. The fraction of sp³-hybridized carbons (Fsp3) is 0.269. The first-order chi connectivity index (χ1) is 15.7. The highest BCUT2D eigenvalue weighted by Crippen LogP contribution is 2.38. The third-order valence-corrected chi connectivity index (χ3v) is 5.39. The number of anilines is 2. The number of rotatable bonds is 9. The molecule has 0 aromatic heterocycles. The number of aliphatic carboxylic acids is 1. The van der Waals surface area contributed by atoms with Gasteiger partial charge in [-0.3, -0.25) is 0 Å². The molecule has 1 aliphatic heterocycles. The van der Waals surface area contributed by atoms with Gasteiger partial charge in [0.1, 0.15) is 24.7 Å². The van der Waals surface area contributed by atoms with Gasteiger partial charge in [0.25, 0.3) is 0 Å². The van der Waals surface area contributed by atoms with Gasteiger partial charge in [0.05, 0.1) is 12.2 Å². The third-order valence-electron chi connectivity index (χ3n) is 5.39. The maximum absolute atomic E-state index is 11.3. The normalized spacial score (nSPS) is 13.3. The summed E-state index contributed by atoms with van der Waals surface area (Å²) in [5, 5.41) is 9.26. The molecule has 0 fully saturated rings. The standard InChI is InChI=1S/C26H27NO5/c1-2-30-25(26(28)29)17-19-11-13-21(14-12-19)31-16-15-27-22-8-4-3-7-20(22)18-32-24-10-6-5-9-23(24)27/h3-14,25H,2,15-18H2,1H3,(H,28,29). The minimum absolute atomic E-state index is 0.324. The highest BCUT2D eigenvalue weighted by molar-refractivity contribution is 5.73. The lowest BCUT2D eigenvalue weighted by atomic mass is 10.1. The number of hydrogen-bond donors (Lipinski definition) is 1. The lowest BCUT2D eigenvalue weighted by Crippen LogP contribution is -2.26. The van der Waals surface area contributed by atoms with Crippen LogP contribution in [-0.2, 0) is 22.6 Å². The number of fused-ring (bicyclic) bond motifs is 2. The Kier molecular flexibility index (Phi) is 6.92. The van der Waals surface area contributed by atoms with Crippen LogP contribution in [0.3, 0.4) is 0 Å².